The van der Waals surface area contributed by atoms with E-state index in [1.807, 2.05) is 13.8 Å². The Balaban J connectivity index is 0.00000137. The zero-order chi connectivity index (χ0) is 14.3. The smallest absolute Gasteiger partial charge is 0.368 e. The standard InChI is InChI=1S/C9H9F3N2O2.C2H6/c10-9(11,12)5-6(8(13)16)14-4-2-1-3-7(14)15;1-2/h1-4,6H,5H2,(H2,13,16);1-2H3. The second-order valence-corrected chi connectivity index (χ2v) is 3.18. The predicted octanol–water partition coefficient (Wildman–Crippen LogP) is 1.85. The molecule has 0 aliphatic carbocycles. The minimum absolute atomic E-state index is 0.676. The molecule has 0 saturated heterocycles. The normalized spacial score (nSPS) is 12.3. The van der Waals surface area contributed by atoms with Crippen molar-refractivity contribution in [3.8, 4) is 0 Å². The van der Waals surface area contributed by atoms with E-state index >= 15 is 0 Å². The molecule has 102 valence electrons. The highest BCUT2D eigenvalue weighted by Gasteiger charge is 2.35. The van der Waals surface area contributed by atoms with Crippen LogP contribution >= 0.6 is 0 Å². The van der Waals surface area contributed by atoms with Crippen molar-refractivity contribution in [2.45, 2.75) is 32.5 Å². The number of primary amides is 1. The first-order chi connectivity index (χ1) is 8.31. The van der Waals surface area contributed by atoms with Crippen LogP contribution in [0.15, 0.2) is 29.2 Å². The van der Waals surface area contributed by atoms with E-state index in [0.717, 1.165) is 12.3 Å². The van der Waals surface area contributed by atoms with Crippen molar-refractivity contribution < 1.29 is 18.0 Å². The summed E-state index contributed by atoms with van der Waals surface area (Å²) in [6.07, 6.45) is -4.91. The lowest BCUT2D eigenvalue weighted by Gasteiger charge is -2.17. The van der Waals surface area contributed by atoms with E-state index in [-0.39, 0.29) is 0 Å². The molecule has 0 fully saturated rings. The highest BCUT2D eigenvalue weighted by molar-refractivity contribution is 5.78. The van der Waals surface area contributed by atoms with Crippen LogP contribution in [-0.4, -0.2) is 16.7 Å². The molecule has 2 N–H and O–H groups in total. The molecule has 1 aromatic rings. The minimum atomic E-state index is -4.56. The molecule has 0 radical (unpaired) electrons. The summed E-state index contributed by atoms with van der Waals surface area (Å²) < 4.78 is 37.2. The van der Waals surface area contributed by atoms with Gasteiger partial charge in [-0.05, 0) is 6.07 Å². The summed E-state index contributed by atoms with van der Waals surface area (Å²) in [5.41, 5.74) is 4.15. The summed E-state index contributed by atoms with van der Waals surface area (Å²) in [4.78, 5) is 22.1. The molecule has 1 heterocycles. The molecule has 0 aliphatic heterocycles. The van der Waals surface area contributed by atoms with Crippen LogP contribution in [0.2, 0.25) is 0 Å². The van der Waals surface area contributed by atoms with Crippen molar-refractivity contribution in [1.82, 2.24) is 4.57 Å². The third kappa shape index (κ3) is 5.03. The fraction of sp³-hybridized carbons (Fsp3) is 0.455. The van der Waals surface area contributed by atoms with E-state index < -0.39 is 30.1 Å². The molecule has 7 heteroatoms. The van der Waals surface area contributed by atoms with Crippen molar-refractivity contribution in [3.63, 3.8) is 0 Å². The van der Waals surface area contributed by atoms with Crippen LogP contribution in [0.1, 0.15) is 26.3 Å². The van der Waals surface area contributed by atoms with Gasteiger partial charge in [0.25, 0.3) is 5.56 Å². The lowest BCUT2D eigenvalue weighted by molar-refractivity contribution is -0.151. The van der Waals surface area contributed by atoms with Crippen molar-refractivity contribution in [2.24, 2.45) is 5.73 Å². The molecule has 0 spiro atoms. The summed E-state index contributed by atoms with van der Waals surface area (Å²) >= 11 is 0. The van der Waals surface area contributed by atoms with Crippen molar-refractivity contribution in [2.75, 3.05) is 0 Å². The number of amides is 1. The van der Waals surface area contributed by atoms with Gasteiger partial charge in [0.15, 0.2) is 0 Å². The number of hydrogen-bond donors (Lipinski definition) is 1. The Bertz CT molecular complexity index is 440. The third-order valence-electron chi connectivity index (χ3n) is 1.94. The maximum absolute atomic E-state index is 12.2. The number of nitrogens with two attached hydrogens (primary N) is 1. The van der Waals surface area contributed by atoms with Crippen LogP contribution in [0.5, 0.6) is 0 Å². The Hall–Kier alpha value is -1.79. The number of alkyl halides is 3. The number of hydrogen-bond acceptors (Lipinski definition) is 2. The quantitative estimate of drug-likeness (QED) is 0.905. The van der Waals surface area contributed by atoms with Crippen LogP contribution < -0.4 is 11.3 Å². The Morgan fingerprint density at radius 3 is 2.33 bits per heavy atom. The molecule has 1 unspecified atom stereocenters. The van der Waals surface area contributed by atoms with Gasteiger partial charge in [0.05, 0.1) is 6.42 Å². The summed E-state index contributed by atoms with van der Waals surface area (Å²) in [5, 5.41) is 0. The molecule has 1 amide bonds. The molecule has 1 rings (SSSR count). The Morgan fingerprint density at radius 2 is 1.94 bits per heavy atom. The van der Waals surface area contributed by atoms with Gasteiger partial charge in [-0.3, -0.25) is 9.59 Å². The molecular weight excluding hydrogens is 249 g/mol. The van der Waals surface area contributed by atoms with Crippen LogP contribution in [-0.2, 0) is 4.79 Å². The van der Waals surface area contributed by atoms with E-state index in [2.05, 4.69) is 0 Å². The van der Waals surface area contributed by atoms with Gasteiger partial charge in [-0.1, -0.05) is 19.9 Å². The Morgan fingerprint density at radius 1 is 1.39 bits per heavy atom. The lowest BCUT2D eigenvalue weighted by atomic mass is 10.2. The van der Waals surface area contributed by atoms with Gasteiger partial charge in [-0.25, -0.2) is 0 Å². The van der Waals surface area contributed by atoms with Gasteiger partial charge in [-0.15, -0.1) is 0 Å². The number of aromatic nitrogens is 1. The van der Waals surface area contributed by atoms with Crippen molar-refractivity contribution >= 4 is 5.91 Å². The van der Waals surface area contributed by atoms with Gasteiger partial charge in [0, 0.05) is 12.3 Å². The number of rotatable bonds is 3. The first-order valence-corrected chi connectivity index (χ1v) is 5.34. The largest absolute Gasteiger partial charge is 0.391 e. The second-order valence-electron chi connectivity index (χ2n) is 3.18. The minimum Gasteiger partial charge on any atom is -0.368 e. The van der Waals surface area contributed by atoms with E-state index in [9.17, 15) is 22.8 Å². The molecule has 0 aromatic carbocycles. The molecule has 0 bridgehead atoms. The molecular formula is C11H15F3N2O2. The maximum Gasteiger partial charge on any atom is 0.391 e. The average Bonchev–Trinajstić information content (AvgIpc) is 2.28. The first kappa shape index (κ1) is 16.2. The van der Waals surface area contributed by atoms with Crippen LogP contribution in [0.3, 0.4) is 0 Å². The van der Waals surface area contributed by atoms with Gasteiger partial charge in [-0.2, -0.15) is 13.2 Å². The molecule has 1 aromatic heterocycles. The third-order valence-corrected chi connectivity index (χ3v) is 1.94. The highest BCUT2D eigenvalue weighted by atomic mass is 19.4. The monoisotopic (exact) mass is 264 g/mol. The van der Waals surface area contributed by atoms with E-state index in [4.69, 9.17) is 5.73 Å². The SMILES string of the molecule is CC.NC(=O)C(CC(F)(F)F)n1ccccc1=O. The van der Waals surface area contributed by atoms with Crippen LogP contribution in [0.4, 0.5) is 13.2 Å². The number of nitrogens with zero attached hydrogens (tertiary/aromatic N) is 1. The van der Waals surface area contributed by atoms with Crippen molar-refractivity contribution in [3.05, 3.63) is 34.7 Å². The van der Waals surface area contributed by atoms with Gasteiger partial charge < -0.3 is 10.3 Å². The lowest BCUT2D eigenvalue weighted by Crippen LogP contribution is -2.36. The van der Waals surface area contributed by atoms with Gasteiger partial charge in [0.2, 0.25) is 5.91 Å². The average molecular weight is 264 g/mol. The summed E-state index contributed by atoms with van der Waals surface area (Å²) in [6.45, 7) is 4.00. The molecule has 18 heavy (non-hydrogen) atoms. The van der Waals surface area contributed by atoms with Gasteiger partial charge in [0.1, 0.15) is 6.04 Å². The number of carbonyl (C=O) groups excluding carboxylic acids is 1. The zero-order valence-electron chi connectivity index (χ0n) is 10.1. The van der Waals surface area contributed by atoms with E-state index in [1.165, 1.54) is 12.1 Å². The molecule has 0 saturated carbocycles. The molecule has 0 aliphatic rings. The fourth-order valence-corrected chi connectivity index (χ4v) is 1.25. The van der Waals surface area contributed by atoms with Gasteiger partial charge >= 0.3 is 6.18 Å². The second kappa shape index (κ2) is 6.83. The maximum atomic E-state index is 12.2. The fourth-order valence-electron chi connectivity index (χ4n) is 1.25. The number of pyridine rings is 1. The van der Waals surface area contributed by atoms with Crippen LogP contribution in [0, 0.1) is 0 Å². The molecule has 4 nitrogen and oxygen atoms in total. The summed E-state index contributed by atoms with van der Waals surface area (Å²) in [5.74, 6) is -1.19. The van der Waals surface area contributed by atoms with Crippen molar-refractivity contribution in [1.29, 1.82) is 0 Å². The Labute approximate surface area is 102 Å². The molecule has 1 atom stereocenters. The topological polar surface area (TPSA) is 65.1 Å². The number of carbonyl (C=O) groups is 1. The highest BCUT2D eigenvalue weighted by Crippen LogP contribution is 2.26. The van der Waals surface area contributed by atoms with E-state index in [0.29, 0.717) is 4.57 Å². The Kier molecular flexibility index (Phi) is 6.15. The predicted molar refractivity (Wildman–Crippen MR) is 61.0 cm³/mol. The van der Waals surface area contributed by atoms with Crippen LogP contribution in [0.25, 0.3) is 0 Å². The first-order valence-electron chi connectivity index (χ1n) is 5.34. The zero-order valence-corrected chi connectivity index (χ0v) is 10.1. The van der Waals surface area contributed by atoms with E-state index in [1.54, 1.807) is 0 Å². The number of halogens is 3. The summed E-state index contributed by atoms with van der Waals surface area (Å²) in [6, 6.07) is 2.08. The summed E-state index contributed by atoms with van der Waals surface area (Å²) in [7, 11) is 0.